The molecule has 1 fully saturated rings. The Kier molecular flexibility index (Phi) is 4.69. The summed E-state index contributed by atoms with van der Waals surface area (Å²) in [7, 11) is 0. The standard InChI is InChI=1S/C27H32N2O2S/c1-26(2)21-14-22-24(32-25(28-22)19-10-8-17(16-30)9-11-19)15-23(21)29-13-12-18-6-4-5-7-20(18)27(29,3)31-26/h4-7,14-15,17,19,30H,8-13,16H2,1-3H3/t17-,19-,27?. The van der Waals surface area contributed by atoms with Gasteiger partial charge in [0, 0.05) is 35.9 Å². The number of nitrogens with zero attached hydrogens (tertiary/aromatic N) is 2. The van der Waals surface area contributed by atoms with Gasteiger partial charge >= 0.3 is 0 Å². The van der Waals surface area contributed by atoms with E-state index in [0.29, 0.717) is 18.4 Å². The van der Waals surface area contributed by atoms with Crippen molar-refractivity contribution >= 4 is 27.2 Å². The van der Waals surface area contributed by atoms with Crippen molar-refractivity contribution in [2.45, 2.75) is 70.1 Å². The number of anilines is 1. The monoisotopic (exact) mass is 448 g/mol. The van der Waals surface area contributed by atoms with E-state index in [-0.39, 0.29) is 0 Å². The maximum atomic E-state index is 9.48. The summed E-state index contributed by atoms with van der Waals surface area (Å²) in [6.45, 7) is 7.91. The van der Waals surface area contributed by atoms with Crippen LogP contribution in [0.4, 0.5) is 5.69 Å². The second kappa shape index (κ2) is 7.28. The van der Waals surface area contributed by atoms with Gasteiger partial charge in [0.15, 0.2) is 5.72 Å². The third-order valence-corrected chi connectivity index (χ3v) is 9.19. The first-order valence-electron chi connectivity index (χ1n) is 12.0. The summed E-state index contributed by atoms with van der Waals surface area (Å²) in [4.78, 5) is 7.57. The maximum Gasteiger partial charge on any atom is 0.165 e. The molecule has 0 saturated heterocycles. The van der Waals surface area contributed by atoms with Gasteiger partial charge in [0.05, 0.1) is 20.8 Å². The predicted octanol–water partition coefficient (Wildman–Crippen LogP) is 6.06. The molecule has 5 heteroatoms. The minimum Gasteiger partial charge on any atom is -0.396 e. The van der Waals surface area contributed by atoms with Gasteiger partial charge in [-0.1, -0.05) is 24.3 Å². The lowest BCUT2D eigenvalue weighted by Gasteiger charge is -2.55. The molecule has 0 amide bonds. The summed E-state index contributed by atoms with van der Waals surface area (Å²) in [6.07, 6.45) is 5.54. The topological polar surface area (TPSA) is 45.6 Å². The van der Waals surface area contributed by atoms with Gasteiger partial charge in [-0.05, 0) is 76.5 Å². The van der Waals surface area contributed by atoms with E-state index in [2.05, 4.69) is 62.1 Å². The zero-order chi connectivity index (χ0) is 22.1. The van der Waals surface area contributed by atoms with Crippen LogP contribution < -0.4 is 4.90 Å². The first-order valence-corrected chi connectivity index (χ1v) is 12.8. The fourth-order valence-corrected chi connectivity index (χ4v) is 7.40. The third kappa shape index (κ3) is 3.05. The number of aliphatic hydroxyl groups is 1. The van der Waals surface area contributed by atoms with E-state index in [0.717, 1.165) is 44.2 Å². The molecule has 0 radical (unpaired) electrons. The molecule has 1 unspecified atom stereocenters. The van der Waals surface area contributed by atoms with E-state index in [9.17, 15) is 5.11 Å². The van der Waals surface area contributed by atoms with Crippen LogP contribution in [-0.4, -0.2) is 23.2 Å². The first-order chi connectivity index (χ1) is 15.4. The Morgan fingerprint density at radius 2 is 1.88 bits per heavy atom. The quantitative estimate of drug-likeness (QED) is 0.517. The van der Waals surface area contributed by atoms with E-state index < -0.39 is 11.3 Å². The minimum absolute atomic E-state index is 0.325. The number of aliphatic hydroxyl groups excluding tert-OH is 1. The van der Waals surface area contributed by atoms with Gasteiger partial charge in [-0.25, -0.2) is 4.98 Å². The van der Waals surface area contributed by atoms with Crippen LogP contribution in [0, 0.1) is 5.92 Å². The number of hydrogen-bond donors (Lipinski definition) is 1. The minimum atomic E-state index is -0.463. The van der Waals surface area contributed by atoms with E-state index in [1.165, 1.54) is 32.1 Å². The molecule has 6 rings (SSSR count). The fraction of sp³-hybridized carbons (Fsp3) is 0.519. The summed E-state index contributed by atoms with van der Waals surface area (Å²) in [6, 6.07) is 13.4. The van der Waals surface area contributed by atoms with Crippen LogP contribution in [-0.2, 0) is 22.5 Å². The van der Waals surface area contributed by atoms with Crippen molar-refractivity contribution in [3.05, 3.63) is 58.1 Å². The van der Waals surface area contributed by atoms with Crippen molar-refractivity contribution in [1.82, 2.24) is 4.98 Å². The summed E-state index contributed by atoms with van der Waals surface area (Å²) in [5.41, 5.74) is 5.46. The zero-order valence-electron chi connectivity index (χ0n) is 19.2. The van der Waals surface area contributed by atoms with Crippen LogP contribution >= 0.6 is 11.3 Å². The lowest BCUT2D eigenvalue weighted by Crippen LogP contribution is -2.57. The Bertz CT molecular complexity index is 1180. The first kappa shape index (κ1) is 20.6. The maximum absolute atomic E-state index is 9.48. The van der Waals surface area contributed by atoms with Crippen LogP contribution in [0.15, 0.2) is 36.4 Å². The Morgan fingerprint density at radius 3 is 2.66 bits per heavy atom. The Morgan fingerprint density at radius 1 is 1.09 bits per heavy atom. The van der Waals surface area contributed by atoms with Gasteiger partial charge in [0.1, 0.15) is 0 Å². The molecule has 1 saturated carbocycles. The van der Waals surface area contributed by atoms with Gasteiger partial charge in [0.2, 0.25) is 0 Å². The molecule has 1 aliphatic carbocycles. The average molecular weight is 449 g/mol. The van der Waals surface area contributed by atoms with E-state index >= 15 is 0 Å². The number of ether oxygens (including phenoxy) is 1. The molecule has 32 heavy (non-hydrogen) atoms. The largest absolute Gasteiger partial charge is 0.396 e. The van der Waals surface area contributed by atoms with Crippen molar-refractivity contribution in [2.75, 3.05) is 18.1 Å². The van der Waals surface area contributed by atoms with Gasteiger partial charge in [-0.15, -0.1) is 11.3 Å². The van der Waals surface area contributed by atoms with Crippen molar-refractivity contribution in [3.8, 4) is 0 Å². The normalized spacial score (nSPS) is 28.8. The van der Waals surface area contributed by atoms with Crippen LogP contribution in [0.5, 0.6) is 0 Å². The molecule has 3 aromatic rings. The van der Waals surface area contributed by atoms with Crippen molar-refractivity contribution in [2.24, 2.45) is 5.92 Å². The molecule has 2 aliphatic heterocycles. The lowest BCUT2D eigenvalue weighted by atomic mass is 9.83. The van der Waals surface area contributed by atoms with Gasteiger partial charge in [-0.3, -0.25) is 0 Å². The molecular weight excluding hydrogens is 416 g/mol. The van der Waals surface area contributed by atoms with Crippen molar-refractivity contribution in [1.29, 1.82) is 0 Å². The van der Waals surface area contributed by atoms with Crippen LogP contribution in [0.25, 0.3) is 10.2 Å². The SMILES string of the molecule is CC1(C)OC2(C)c3ccccc3CCN2c2cc3sc([C@H]4CC[C@H](CO)CC4)nc3cc21. The van der Waals surface area contributed by atoms with Gasteiger partial charge in [0.25, 0.3) is 0 Å². The summed E-state index contributed by atoms with van der Waals surface area (Å²) < 4.78 is 8.17. The molecule has 3 heterocycles. The number of thiazole rings is 1. The molecule has 1 N–H and O–H groups in total. The Hall–Kier alpha value is -1.95. The van der Waals surface area contributed by atoms with Crippen molar-refractivity contribution < 1.29 is 9.84 Å². The number of benzene rings is 2. The Labute approximate surface area is 194 Å². The molecule has 2 aromatic carbocycles. The second-order valence-corrected chi connectivity index (χ2v) is 11.5. The van der Waals surface area contributed by atoms with E-state index in [1.807, 2.05) is 11.3 Å². The van der Waals surface area contributed by atoms with Crippen LogP contribution in [0.1, 0.15) is 74.1 Å². The second-order valence-electron chi connectivity index (χ2n) is 10.4. The highest BCUT2D eigenvalue weighted by molar-refractivity contribution is 7.18. The lowest BCUT2D eigenvalue weighted by molar-refractivity contribution is -0.155. The highest BCUT2D eigenvalue weighted by Gasteiger charge is 2.49. The number of fused-ring (bicyclic) bond motifs is 6. The van der Waals surface area contributed by atoms with Gasteiger partial charge < -0.3 is 14.7 Å². The smallest absolute Gasteiger partial charge is 0.165 e. The molecular formula is C27H32N2O2S. The van der Waals surface area contributed by atoms with Gasteiger partial charge in [-0.2, -0.15) is 0 Å². The number of aromatic nitrogens is 1. The molecule has 1 aromatic heterocycles. The zero-order valence-corrected chi connectivity index (χ0v) is 20.0. The molecule has 0 bridgehead atoms. The summed E-state index contributed by atoms with van der Waals surface area (Å²) in [5.74, 6) is 1.01. The number of rotatable bonds is 2. The van der Waals surface area contributed by atoms with Crippen molar-refractivity contribution in [3.63, 3.8) is 0 Å². The van der Waals surface area contributed by atoms with Crippen LogP contribution in [0.3, 0.4) is 0 Å². The highest BCUT2D eigenvalue weighted by Crippen LogP contribution is 2.52. The van der Waals surface area contributed by atoms with E-state index in [1.54, 1.807) is 0 Å². The molecule has 4 nitrogen and oxygen atoms in total. The third-order valence-electron chi connectivity index (χ3n) is 8.01. The fourth-order valence-electron chi connectivity index (χ4n) is 6.25. The highest BCUT2D eigenvalue weighted by atomic mass is 32.1. The molecule has 3 aliphatic rings. The Balaban J connectivity index is 1.43. The molecule has 0 spiro atoms. The molecule has 168 valence electrons. The van der Waals surface area contributed by atoms with E-state index in [4.69, 9.17) is 9.72 Å². The summed E-state index contributed by atoms with van der Waals surface area (Å²) in [5, 5.41) is 10.7. The summed E-state index contributed by atoms with van der Waals surface area (Å²) >= 11 is 1.87. The predicted molar refractivity (Wildman–Crippen MR) is 130 cm³/mol. The van der Waals surface area contributed by atoms with Crippen LogP contribution in [0.2, 0.25) is 0 Å². The number of hydrogen-bond acceptors (Lipinski definition) is 5. The average Bonchev–Trinajstić information content (AvgIpc) is 3.21. The molecule has 1 atom stereocenters.